The summed E-state index contributed by atoms with van der Waals surface area (Å²) in [6.45, 7) is 6.58. The quantitative estimate of drug-likeness (QED) is 0.161. The van der Waals surface area contributed by atoms with Crippen LogP contribution < -0.4 is 26.0 Å². The molecule has 2 aromatic heterocycles. The zero-order chi connectivity index (χ0) is 44.1. The molecule has 5 atom stereocenters. The molecule has 0 radical (unpaired) electrons. The first-order valence-corrected chi connectivity index (χ1v) is 20.8. The van der Waals surface area contributed by atoms with E-state index in [4.69, 9.17) is 4.74 Å². The Morgan fingerprint density at radius 3 is 2.28 bits per heavy atom. The number of likely N-dealkylation sites (tertiary alicyclic amines) is 1. The van der Waals surface area contributed by atoms with Crippen molar-refractivity contribution in [1.82, 2.24) is 46.1 Å². The third-order valence-electron chi connectivity index (χ3n) is 11.2. The number of Topliss-reactive ketones (excluding diaryl/α,β-unsaturated/α-hetero) is 1. The second kappa shape index (κ2) is 18.9. The summed E-state index contributed by atoms with van der Waals surface area (Å²) in [6.07, 6.45) is 3.68. The normalized spacial score (nSPS) is 20.0. The van der Waals surface area contributed by atoms with Gasteiger partial charge in [0.15, 0.2) is 0 Å². The minimum Gasteiger partial charge on any atom is -0.472 e. The first-order valence-electron chi connectivity index (χ1n) is 20.8. The number of carbonyl (C=O) groups is 6. The molecule has 3 aliphatic rings. The smallest absolute Gasteiger partial charge is 0.451 e. The monoisotopic (exact) mass is 851 g/mol. The molecule has 61 heavy (non-hydrogen) atoms. The number of nitrogens with zero attached hydrogens (tertiary/aromatic N) is 5. The molecule has 1 saturated heterocycles. The predicted molar refractivity (Wildman–Crippen MR) is 213 cm³/mol. The lowest BCUT2D eigenvalue weighted by atomic mass is 9.82. The molecule has 6 rings (SSSR count). The zero-order valence-electron chi connectivity index (χ0n) is 34.6. The van der Waals surface area contributed by atoms with Crippen molar-refractivity contribution in [3.05, 3.63) is 54.4 Å². The van der Waals surface area contributed by atoms with E-state index in [9.17, 15) is 41.9 Å². The fourth-order valence-electron chi connectivity index (χ4n) is 7.81. The molecule has 5 amide bonds. The van der Waals surface area contributed by atoms with Gasteiger partial charge in [-0.25, -0.2) is 9.97 Å². The van der Waals surface area contributed by atoms with Crippen LogP contribution in [0.25, 0.3) is 10.9 Å². The highest BCUT2D eigenvalue weighted by Gasteiger charge is 2.48. The minimum absolute atomic E-state index is 0.000203. The molecule has 1 aliphatic heterocycles. The van der Waals surface area contributed by atoms with Crippen LogP contribution in [0.4, 0.5) is 13.2 Å². The van der Waals surface area contributed by atoms with Crippen LogP contribution in [0.15, 0.2) is 42.9 Å². The summed E-state index contributed by atoms with van der Waals surface area (Å²) >= 11 is 0. The van der Waals surface area contributed by atoms with E-state index >= 15 is 0 Å². The average molecular weight is 852 g/mol. The lowest BCUT2D eigenvalue weighted by molar-refractivity contribution is -0.145. The Bertz CT molecular complexity index is 2110. The van der Waals surface area contributed by atoms with Crippen molar-refractivity contribution in [2.75, 3.05) is 6.54 Å². The van der Waals surface area contributed by atoms with Crippen molar-refractivity contribution in [3.8, 4) is 5.88 Å². The molecule has 1 aromatic carbocycles. The Morgan fingerprint density at radius 2 is 1.64 bits per heavy atom. The highest BCUT2D eigenvalue weighted by molar-refractivity contribution is 6.38. The van der Waals surface area contributed by atoms with E-state index in [1.807, 2.05) is 0 Å². The summed E-state index contributed by atoms with van der Waals surface area (Å²) in [5, 5.41) is 11.1. The molecular formula is C42H52F3N9O7. The number of nitrogens with one attached hydrogen (secondary N) is 4. The van der Waals surface area contributed by atoms with E-state index in [1.54, 1.807) is 33.8 Å². The van der Waals surface area contributed by atoms with Crippen molar-refractivity contribution >= 4 is 46.2 Å². The third kappa shape index (κ3) is 11.2. The van der Waals surface area contributed by atoms with E-state index in [0.29, 0.717) is 19.3 Å². The molecule has 3 aromatic rings. The Labute approximate surface area is 351 Å². The molecule has 0 spiro atoms. The van der Waals surface area contributed by atoms with Gasteiger partial charge in [0.25, 0.3) is 11.8 Å². The number of halogens is 3. The van der Waals surface area contributed by atoms with Gasteiger partial charge in [0, 0.05) is 24.9 Å². The average Bonchev–Trinajstić information content (AvgIpc) is 3.95. The van der Waals surface area contributed by atoms with Gasteiger partial charge in [-0.15, -0.1) is 0 Å². The maximum Gasteiger partial charge on any atom is 0.451 e. The molecule has 16 nitrogen and oxygen atoms in total. The van der Waals surface area contributed by atoms with Crippen molar-refractivity contribution < 1.29 is 46.7 Å². The summed E-state index contributed by atoms with van der Waals surface area (Å²) in [6, 6.07) is 0.862. The number of fused-ring (bicyclic) bond motifs is 1. The number of benzene rings is 1. The molecule has 2 aliphatic carbocycles. The summed E-state index contributed by atoms with van der Waals surface area (Å²) in [5.74, 6) is -6.59. The largest absolute Gasteiger partial charge is 0.472 e. The standard InChI is InChI=1S/C42H52F3N9O7/c1-5-11-28(32(55)37(59)48-24-16-17-24)49-35(57)30-20-25(61-38-26-14-9-10-15-27(26)50-40(53-38)42(43,44)45)22-54(30)39(60)33(41(2,3)4)52-36(58)31(23-12-7-6-8-13-23)51-34(56)29-21-46-18-19-47-29/h9-10,14-15,18-19,21,23-25,28,30-31,33H,5-8,11-13,16-17,20,22H2,1-4H3,(H,48,59)(H,49,57)(H,51,56)(H,52,58)/t25-,28+,30+,31+,33-/m1/s1. The van der Waals surface area contributed by atoms with Crippen LogP contribution >= 0.6 is 0 Å². The second-order valence-corrected chi connectivity index (χ2v) is 17.1. The number of alkyl halides is 3. The molecule has 4 N–H and O–H groups in total. The second-order valence-electron chi connectivity index (χ2n) is 17.1. The van der Waals surface area contributed by atoms with Crippen LogP contribution in [-0.4, -0.2) is 103 Å². The van der Waals surface area contributed by atoms with Gasteiger partial charge < -0.3 is 30.9 Å². The van der Waals surface area contributed by atoms with Gasteiger partial charge in [-0.1, -0.05) is 65.5 Å². The van der Waals surface area contributed by atoms with Crippen LogP contribution in [0.5, 0.6) is 5.88 Å². The number of amides is 5. The van der Waals surface area contributed by atoms with Crippen molar-refractivity contribution in [2.24, 2.45) is 11.3 Å². The van der Waals surface area contributed by atoms with Gasteiger partial charge in [-0.05, 0) is 55.6 Å². The first-order chi connectivity index (χ1) is 28.9. The number of carbonyl (C=O) groups excluding carboxylic acids is 6. The minimum atomic E-state index is -4.92. The SMILES string of the molecule is CCC[C@H](NC(=O)[C@@H]1C[C@@H](Oc2nc(C(F)(F)F)nc3ccccc23)CN1C(=O)[C@@H](NC(=O)[C@@H](NC(=O)c1cnccn1)C1CCCCC1)C(C)(C)C)C(=O)C(=O)NC1CC1. The highest BCUT2D eigenvalue weighted by atomic mass is 19.4. The molecule has 3 fully saturated rings. The van der Waals surface area contributed by atoms with Gasteiger partial charge in [0.1, 0.15) is 29.9 Å². The molecular weight excluding hydrogens is 800 g/mol. The zero-order valence-corrected chi connectivity index (χ0v) is 34.6. The number of hydrogen-bond donors (Lipinski definition) is 4. The molecule has 19 heteroatoms. The first kappa shape index (κ1) is 44.8. The molecule has 0 unspecified atom stereocenters. The molecule has 2 saturated carbocycles. The summed E-state index contributed by atoms with van der Waals surface area (Å²) in [4.78, 5) is 99.5. The van der Waals surface area contributed by atoms with E-state index in [1.165, 1.54) is 41.7 Å². The summed E-state index contributed by atoms with van der Waals surface area (Å²) < 4.78 is 48.0. The van der Waals surface area contributed by atoms with Crippen molar-refractivity contribution in [1.29, 1.82) is 0 Å². The van der Waals surface area contributed by atoms with E-state index in [2.05, 4.69) is 41.2 Å². The number of ether oxygens (including phenoxy) is 1. The molecule has 0 bridgehead atoms. The summed E-state index contributed by atoms with van der Waals surface area (Å²) in [5.41, 5.74) is -1.04. The van der Waals surface area contributed by atoms with Gasteiger partial charge in [0.05, 0.1) is 29.7 Å². The Balaban J connectivity index is 1.31. The van der Waals surface area contributed by atoms with Crippen molar-refractivity contribution in [3.63, 3.8) is 0 Å². The van der Waals surface area contributed by atoms with Crippen LogP contribution in [-0.2, 0) is 30.1 Å². The fourth-order valence-corrected chi connectivity index (χ4v) is 7.81. The maximum atomic E-state index is 14.9. The van der Waals surface area contributed by atoms with Crippen LogP contribution in [0.1, 0.15) is 108 Å². The fraction of sp³-hybridized carbons (Fsp3) is 0.571. The van der Waals surface area contributed by atoms with E-state index in [0.717, 1.165) is 32.1 Å². The summed E-state index contributed by atoms with van der Waals surface area (Å²) in [7, 11) is 0. The Kier molecular flexibility index (Phi) is 13.9. The third-order valence-corrected chi connectivity index (χ3v) is 11.2. The lowest BCUT2D eigenvalue weighted by Crippen LogP contribution is -2.62. The maximum absolute atomic E-state index is 14.9. The van der Waals surface area contributed by atoms with Gasteiger partial charge in [-0.2, -0.15) is 18.2 Å². The number of aromatic nitrogens is 4. The van der Waals surface area contributed by atoms with Gasteiger partial charge in [0.2, 0.25) is 35.2 Å². The van der Waals surface area contributed by atoms with Crippen LogP contribution in [0.2, 0.25) is 0 Å². The number of ketones is 1. The van der Waals surface area contributed by atoms with E-state index < -0.39 is 88.9 Å². The highest BCUT2D eigenvalue weighted by Crippen LogP contribution is 2.34. The van der Waals surface area contributed by atoms with Crippen LogP contribution in [0.3, 0.4) is 0 Å². The topological polar surface area (TPSA) is 215 Å². The van der Waals surface area contributed by atoms with Crippen LogP contribution in [0, 0.1) is 11.3 Å². The predicted octanol–water partition coefficient (Wildman–Crippen LogP) is 3.83. The number of hydrogen-bond acceptors (Lipinski definition) is 11. The molecule has 3 heterocycles. The van der Waals surface area contributed by atoms with Crippen molar-refractivity contribution in [2.45, 2.75) is 134 Å². The van der Waals surface area contributed by atoms with Gasteiger partial charge in [-0.3, -0.25) is 33.8 Å². The number of para-hydroxylation sites is 1. The Morgan fingerprint density at radius 1 is 0.918 bits per heavy atom. The molecule has 328 valence electrons. The lowest BCUT2D eigenvalue weighted by Gasteiger charge is -2.37. The number of rotatable bonds is 15. The Hall–Kier alpha value is -5.75. The van der Waals surface area contributed by atoms with E-state index in [-0.39, 0.29) is 47.9 Å². The van der Waals surface area contributed by atoms with Gasteiger partial charge >= 0.3 is 6.18 Å².